The van der Waals surface area contributed by atoms with Crippen molar-refractivity contribution >= 4 is 22.2 Å². The topological polar surface area (TPSA) is 102 Å². The lowest BCUT2D eigenvalue weighted by Crippen LogP contribution is -2.02. The molecule has 0 bridgehead atoms. The van der Waals surface area contributed by atoms with Gasteiger partial charge in [-0.25, -0.2) is 4.98 Å². The first-order chi connectivity index (χ1) is 14.4. The summed E-state index contributed by atoms with van der Waals surface area (Å²) >= 11 is 0. The fraction of sp³-hybridized carbons (Fsp3) is 0. The van der Waals surface area contributed by atoms with Gasteiger partial charge >= 0.3 is 0 Å². The average Bonchev–Trinajstić information content (AvgIpc) is 3.51. The Labute approximate surface area is 163 Å². The maximum atomic E-state index is 9.63. The zero-order chi connectivity index (χ0) is 19.4. The molecule has 0 aliphatic rings. The summed E-state index contributed by atoms with van der Waals surface area (Å²) in [5, 5.41) is 27.7. The van der Waals surface area contributed by atoms with Crippen molar-refractivity contribution < 1.29 is 0 Å². The summed E-state index contributed by atoms with van der Waals surface area (Å²) in [6.07, 6.45) is 5.55. The first-order valence-electron chi connectivity index (χ1n) is 8.86. The molecule has 0 spiro atoms. The van der Waals surface area contributed by atoms with Gasteiger partial charge in [0.15, 0.2) is 17.2 Å². The molecule has 9 nitrogen and oxygen atoms in total. The van der Waals surface area contributed by atoms with Gasteiger partial charge < -0.3 is 0 Å². The average molecular weight is 377 g/mol. The molecule has 29 heavy (non-hydrogen) atoms. The molecule has 0 amide bonds. The number of nitrogens with zero attached hydrogens (tertiary/aromatic N) is 9. The second-order valence-electron chi connectivity index (χ2n) is 6.49. The van der Waals surface area contributed by atoms with Crippen LogP contribution in [0.1, 0.15) is 0 Å². The van der Waals surface area contributed by atoms with E-state index in [9.17, 15) is 5.26 Å². The summed E-state index contributed by atoms with van der Waals surface area (Å²) in [7, 11) is 0. The fourth-order valence-corrected chi connectivity index (χ4v) is 3.68. The van der Waals surface area contributed by atoms with Crippen molar-refractivity contribution in [3.8, 4) is 29.0 Å². The van der Waals surface area contributed by atoms with Crippen LogP contribution in [-0.2, 0) is 0 Å². The minimum absolute atomic E-state index is 0.474. The third-order valence-corrected chi connectivity index (χ3v) is 4.94. The van der Waals surface area contributed by atoms with E-state index in [1.165, 1.54) is 4.68 Å². The summed E-state index contributed by atoms with van der Waals surface area (Å²) < 4.78 is 5.02. The van der Waals surface area contributed by atoms with Crippen LogP contribution < -0.4 is 0 Å². The number of hydrogen-bond donors (Lipinski definition) is 0. The first kappa shape index (κ1) is 15.5. The van der Waals surface area contributed by atoms with Crippen LogP contribution in [0, 0.1) is 11.5 Å². The van der Waals surface area contributed by atoms with Gasteiger partial charge in [0.2, 0.25) is 6.19 Å². The van der Waals surface area contributed by atoms with E-state index >= 15 is 0 Å². The van der Waals surface area contributed by atoms with Crippen LogP contribution in [0.4, 0.5) is 0 Å². The summed E-state index contributed by atoms with van der Waals surface area (Å²) in [5.74, 6) is 0.474. The smallest absolute Gasteiger partial charge is 0.208 e. The van der Waals surface area contributed by atoms with Crippen molar-refractivity contribution in [2.24, 2.45) is 0 Å². The first-order valence-corrected chi connectivity index (χ1v) is 8.86. The van der Waals surface area contributed by atoms with Gasteiger partial charge in [-0.05, 0) is 12.1 Å². The number of benzene rings is 2. The molecule has 0 fully saturated rings. The highest BCUT2D eigenvalue weighted by Crippen LogP contribution is 2.32. The highest BCUT2D eigenvalue weighted by molar-refractivity contribution is 5.95. The number of para-hydroxylation sites is 1. The van der Waals surface area contributed by atoms with Gasteiger partial charge in [0.25, 0.3) is 0 Å². The Bertz CT molecular complexity index is 1560. The Balaban J connectivity index is 1.78. The second-order valence-corrected chi connectivity index (χ2v) is 6.49. The van der Waals surface area contributed by atoms with Crippen molar-refractivity contribution in [1.82, 2.24) is 39.0 Å². The third kappa shape index (κ3) is 2.05. The molecule has 4 heterocycles. The summed E-state index contributed by atoms with van der Waals surface area (Å²) in [6.45, 7) is 0. The van der Waals surface area contributed by atoms with E-state index in [0.29, 0.717) is 22.9 Å². The van der Waals surface area contributed by atoms with Gasteiger partial charge in [0.1, 0.15) is 17.7 Å². The molecule has 0 saturated heterocycles. The molecule has 4 aromatic heterocycles. The van der Waals surface area contributed by atoms with Gasteiger partial charge in [-0.1, -0.05) is 47.7 Å². The van der Waals surface area contributed by atoms with Gasteiger partial charge in [0.05, 0.1) is 11.7 Å². The highest BCUT2D eigenvalue weighted by Gasteiger charge is 2.24. The van der Waals surface area contributed by atoms with Crippen LogP contribution in [0.25, 0.3) is 45.0 Å². The molecule has 6 aromatic rings. The molecule has 136 valence electrons. The number of nitriles is 1. The predicted octanol–water partition coefficient (Wildman–Crippen LogP) is 2.78. The fourth-order valence-electron chi connectivity index (χ4n) is 3.68. The lowest BCUT2D eigenvalue weighted by molar-refractivity contribution is 0.816. The van der Waals surface area contributed by atoms with Crippen LogP contribution >= 0.6 is 0 Å². The van der Waals surface area contributed by atoms with E-state index in [1.807, 2.05) is 63.4 Å². The maximum Gasteiger partial charge on any atom is 0.208 e. The Morgan fingerprint density at radius 3 is 2.59 bits per heavy atom. The summed E-state index contributed by atoms with van der Waals surface area (Å²) in [6, 6.07) is 17.5. The molecule has 0 saturated carbocycles. The van der Waals surface area contributed by atoms with Crippen LogP contribution in [-0.4, -0.2) is 39.0 Å². The van der Waals surface area contributed by atoms with E-state index < -0.39 is 0 Å². The van der Waals surface area contributed by atoms with E-state index in [4.69, 9.17) is 0 Å². The van der Waals surface area contributed by atoms with E-state index in [1.54, 1.807) is 12.5 Å². The molecular weight excluding hydrogens is 366 g/mol. The monoisotopic (exact) mass is 377 g/mol. The second kappa shape index (κ2) is 5.71. The van der Waals surface area contributed by atoms with Crippen molar-refractivity contribution in [2.75, 3.05) is 0 Å². The Morgan fingerprint density at radius 2 is 1.72 bits per heavy atom. The Hall–Kier alpha value is -4.58. The van der Waals surface area contributed by atoms with Crippen LogP contribution in [0.3, 0.4) is 0 Å². The minimum atomic E-state index is 0.474. The molecule has 0 radical (unpaired) electrons. The van der Waals surface area contributed by atoms with E-state index in [2.05, 4.69) is 31.7 Å². The molecule has 9 heteroatoms. The van der Waals surface area contributed by atoms with Gasteiger partial charge in [-0.15, -0.1) is 20.0 Å². The predicted molar refractivity (Wildman–Crippen MR) is 105 cm³/mol. The molecule has 0 aliphatic carbocycles. The molecule has 0 atom stereocenters. The number of fused-ring (bicyclic) bond motifs is 6. The maximum absolute atomic E-state index is 9.63. The quantitative estimate of drug-likeness (QED) is 0.460. The Kier molecular flexibility index (Phi) is 3.05. The molecule has 2 aromatic carbocycles. The lowest BCUT2D eigenvalue weighted by Gasteiger charge is -2.07. The van der Waals surface area contributed by atoms with E-state index in [0.717, 1.165) is 22.1 Å². The van der Waals surface area contributed by atoms with Crippen molar-refractivity contribution in [1.29, 1.82) is 5.26 Å². The van der Waals surface area contributed by atoms with Crippen LogP contribution in [0.2, 0.25) is 0 Å². The van der Waals surface area contributed by atoms with Gasteiger partial charge in [-0.2, -0.15) is 5.26 Å². The summed E-state index contributed by atoms with van der Waals surface area (Å²) in [5.41, 5.74) is 4.31. The number of aromatic nitrogens is 8. The molecule has 0 N–H and O–H groups in total. The van der Waals surface area contributed by atoms with Crippen LogP contribution in [0.15, 0.2) is 67.1 Å². The van der Waals surface area contributed by atoms with Crippen molar-refractivity contribution in [2.45, 2.75) is 0 Å². The van der Waals surface area contributed by atoms with Crippen molar-refractivity contribution in [3.05, 3.63) is 67.1 Å². The standard InChI is InChI=1S/C20H11N9/c21-11-28-18(17(23-26-28)13-6-2-1-3-7-13)20-25-24-19-14-8-4-5-9-15(14)27-12-22-10-16(27)29(19)20/h1-10,12H. The number of rotatable bonds is 2. The zero-order valence-corrected chi connectivity index (χ0v) is 14.9. The molecule has 0 unspecified atom stereocenters. The van der Waals surface area contributed by atoms with Crippen LogP contribution in [0.5, 0.6) is 0 Å². The number of hydrogen-bond acceptors (Lipinski definition) is 6. The highest BCUT2D eigenvalue weighted by atomic mass is 15.4. The third-order valence-electron chi connectivity index (χ3n) is 4.94. The van der Waals surface area contributed by atoms with Gasteiger partial charge in [0, 0.05) is 10.9 Å². The lowest BCUT2D eigenvalue weighted by atomic mass is 10.1. The Morgan fingerprint density at radius 1 is 0.897 bits per heavy atom. The molecule has 0 aliphatic heterocycles. The van der Waals surface area contributed by atoms with E-state index in [-0.39, 0.29) is 0 Å². The number of imidazole rings is 1. The largest absolute Gasteiger partial charge is 0.284 e. The van der Waals surface area contributed by atoms with Gasteiger partial charge in [-0.3, -0.25) is 8.80 Å². The zero-order valence-electron chi connectivity index (χ0n) is 14.9. The SMILES string of the molecule is N#Cn1nnc(-c2ccccc2)c1-c1nnc2c3ccccc3n3cncc3n12. The molecule has 6 rings (SSSR count). The van der Waals surface area contributed by atoms with Crippen molar-refractivity contribution in [3.63, 3.8) is 0 Å². The summed E-state index contributed by atoms with van der Waals surface area (Å²) in [4.78, 5) is 4.31. The molecular formula is C20H11N9. The normalized spacial score (nSPS) is 11.4. The minimum Gasteiger partial charge on any atom is -0.284 e.